The highest BCUT2D eigenvalue weighted by Crippen LogP contribution is 2.46. The summed E-state index contributed by atoms with van der Waals surface area (Å²) in [5.74, 6) is -0.927. The molecule has 0 aliphatic heterocycles. The summed E-state index contributed by atoms with van der Waals surface area (Å²) in [4.78, 5) is 23.6. The van der Waals surface area contributed by atoms with E-state index >= 15 is 0 Å². The van der Waals surface area contributed by atoms with Crippen molar-refractivity contribution in [3.8, 4) is 0 Å². The predicted molar refractivity (Wildman–Crippen MR) is 101 cm³/mol. The Morgan fingerprint density at radius 3 is 2.04 bits per heavy atom. The second-order valence-electron chi connectivity index (χ2n) is 8.04. The first-order chi connectivity index (χ1) is 12.5. The van der Waals surface area contributed by atoms with Crippen LogP contribution in [0.2, 0.25) is 0 Å². The first-order valence-electron chi connectivity index (χ1n) is 9.48. The number of carbonyl (C=O) groups excluding carboxylic acids is 1. The Balaban J connectivity index is 1.61. The average molecular weight is 348 g/mol. The first-order valence-corrected chi connectivity index (χ1v) is 9.48. The number of aryl methyl sites for hydroxylation is 2. The van der Waals surface area contributed by atoms with Gasteiger partial charge in [0.05, 0.1) is 5.56 Å². The molecule has 26 heavy (non-hydrogen) atoms. The zero-order chi connectivity index (χ0) is 18.3. The summed E-state index contributed by atoms with van der Waals surface area (Å²) in [6, 6.07) is 10.7. The number of carbonyl (C=O) groups is 2. The molecule has 0 aromatic heterocycles. The Hall–Kier alpha value is -2.42. The molecule has 1 N–H and O–H groups in total. The molecule has 0 amide bonds. The highest BCUT2D eigenvalue weighted by Gasteiger charge is 2.36. The van der Waals surface area contributed by atoms with Gasteiger partial charge >= 0.3 is 5.97 Å². The molecule has 0 fully saturated rings. The molecule has 0 heterocycles. The number of carboxylic acids is 1. The maximum atomic E-state index is 12.7. The van der Waals surface area contributed by atoms with E-state index in [9.17, 15) is 9.59 Å². The summed E-state index contributed by atoms with van der Waals surface area (Å²) in [5, 5.41) is 8.98. The molecule has 0 unspecified atom stereocenters. The normalized spacial score (nSPS) is 17.4. The second-order valence-corrected chi connectivity index (χ2v) is 8.04. The molecule has 0 radical (unpaired) electrons. The number of Topliss-reactive ketones (excluding diaryl/α,β-unsaturated/α-hetero) is 1. The fourth-order valence-corrected chi connectivity index (χ4v) is 4.91. The summed E-state index contributed by atoms with van der Waals surface area (Å²) >= 11 is 0. The Morgan fingerprint density at radius 2 is 1.50 bits per heavy atom. The Bertz CT molecular complexity index is 846. The quantitative estimate of drug-likeness (QED) is 0.812. The molecule has 0 atom stereocenters. The zero-order valence-electron chi connectivity index (χ0n) is 15.2. The number of rotatable bonds is 4. The number of aromatic carboxylic acids is 1. The third-order valence-corrected chi connectivity index (χ3v) is 6.13. The van der Waals surface area contributed by atoms with E-state index in [2.05, 4.69) is 19.1 Å². The van der Waals surface area contributed by atoms with E-state index in [0.717, 1.165) is 18.4 Å². The maximum Gasteiger partial charge on any atom is 0.335 e. The van der Waals surface area contributed by atoms with Crippen LogP contribution < -0.4 is 0 Å². The molecular formula is C23H24O3. The summed E-state index contributed by atoms with van der Waals surface area (Å²) in [6.45, 7) is 2.41. The van der Waals surface area contributed by atoms with E-state index in [1.807, 2.05) is 0 Å². The monoisotopic (exact) mass is 348 g/mol. The molecule has 0 spiro atoms. The average Bonchev–Trinajstić information content (AvgIpc) is 2.61. The Morgan fingerprint density at radius 1 is 0.962 bits per heavy atom. The van der Waals surface area contributed by atoms with E-state index in [1.165, 1.54) is 48.9 Å². The van der Waals surface area contributed by atoms with Crippen molar-refractivity contribution in [3.63, 3.8) is 0 Å². The van der Waals surface area contributed by atoms with Gasteiger partial charge in [-0.2, -0.15) is 0 Å². The number of benzene rings is 2. The summed E-state index contributed by atoms with van der Waals surface area (Å²) in [5.41, 5.74) is 6.66. The SMILES string of the molecule is CC12CCCc3cc(CC(=O)c4ccc(C(=O)O)cc4)cc(c31)CCC2. The number of carboxylic acid groups (broad SMARTS) is 1. The predicted octanol–water partition coefficient (Wildman–Crippen LogP) is 4.74. The van der Waals surface area contributed by atoms with Gasteiger partial charge in [-0.15, -0.1) is 0 Å². The molecule has 2 aliphatic rings. The molecule has 2 aromatic rings. The molecule has 2 aliphatic carbocycles. The molecule has 3 nitrogen and oxygen atoms in total. The van der Waals surface area contributed by atoms with Crippen LogP contribution in [0.4, 0.5) is 0 Å². The van der Waals surface area contributed by atoms with Crippen molar-refractivity contribution in [2.45, 2.75) is 57.3 Å². The van der Waals surface area contributed by atoms with E-state index in [1.54, 1.807) is 17.7 Å². The molecule has 0 saturated carbocycles. The van der Waals surface area contributed by atoms with Crippen LogP contribution in [0.1, 0.15) is 75.6 Å². The van der Waals surface area contributed by atoms with Gasteiger partial charge in [-0.25, -0.2) is 4.79 Å². The summed E-state index contributed by atoms with van der Waals surface area (Å²) < 4.78 is 0. The van der Waals surface area contributed by atoms with E-state index in [4.69, 9.17) is 5.11 Å². The molecule has 2 aromatic carbocycles. The molecule has 134 valence electrons. The van der Waals surface area contributed by atoms with Crippen LogP contribution in [0.25, 0.3) is 0 Å². The van der Waals surface area contributed by atoms with Gasteiger partial charge in [-0.05, 0) is 78.3 Å². The van der Waals surface area contributed by atoms with Crippen LogP contribution >= 0.6 is 0 Å². The van der Waals surface area contributed by atoms with Crippen molar-refractivity contribution in [3.05, 3.63) is 69.8 Å². The zero-order valence-corrected chi connectivity index (χ0v) is 15.2. The Kier molecular flexibility index (Phi) is 4.18. The van der Waals surface area contributed by atoms with Crippen LogP contribution in [0, 0.1) is 0 Å². The van der Waals surface area contributed by atoms with Gasteiger partial charge in [0.25, 0.3) is 0 Å². The van der Waals surface area contributed by atoms with Crippen LogP contribution in [0.3, 0.4) is 0 Å². The molecule has 0 bridgehead atoms. The summed E-state index contributed by atoms with van der Waals surface area (Å²) in [6.07, 6.45) is 7.64. The van der Waals surface area contributed by atoms with Gasteiger partial charge in [-0.1, -0.05) is 31.2 Å². The number of ketones is 1. The Labute approximate surface area is 154 Å². The topological polar surface area (TPSA) is 54.4 Å². The fourth-order valence-electron chi connectivity index (χ4n) is 4.91. The first kappa shape index (κ1) is 17.0. The summed E-state index contributed by atoms with van der Waals surface area (Å²) in [7, 11) is 0. The minimum Gasteiger partial charge on any atom is -0.478 e. The second kappa shape index (κ2) is 6.39. The maximum absolute atomic E-state index is 12.7. The largest absolute Gasteiger partial charge is 0.478 e. The van der Waals surface area contributed by atoms with Crippen molar-refractivity contribution in [2.24, 2.45) is 0 Å². The van der Waals surface area contributed by atoms with Crippen LogP contribution in [0.5, 0.6) is 0 Å². The lowest BCUT2D eigenvalue weighted by atomic mass is 9.63. The molecule has 0 saturated heterocycles. The standard InChI is InChI=1S/C23H24O3/c1-23-10-2-4-18-12-15(13-19(21(18)23)5-3-11-23)14-20(24)16-6-8-17(9-7-16)22(25)26/h6-9,12-13H,2-5,10-11,14H2,1H3,(H,25,26). The fraction of sp³-hybridized carbons (Fsp3) is 0.391. The molecule has 3 heteroatoms. The minimum absolute atomic E-state index is 0.0449. The van der Waals surface area contributed by atoms with E-state index < -0.39 is 5.97 Å². The van der Waals surface area contributed by atoms with E-state index in [0.29, 0.717) is 17.4 Å². The van der Waals surface area contributed by atoms with Crippen LogP contribution in [-0.2, 0) is 24.7 Å². The van der Waals surface area contributed by atoms with Gasteiger partial charge in [0, 0.05) is 12.0 Å². The van der Waals surface area contributed by atoms with E-state index in [-0.39, 0.29) is 11.3 Å². The lowest BCUT2D eigenvalue weighted by molar-refractivity contribution is 0.0696. The van der Waals surface area contributed by atoms with Crippen molar-refractivity contribution >= 4 is 11.8 Å². The highest BCUT2D eigenvalue weighted by atomic mass is 16.4. The molecular weight excluding hydrogens is 324 g/mol. The third kappa shape index (κ3) is 2.96. The van der Waals surface area contributed by atoms with Crippen molar-refractivity contribution < 1.29 is 14.7 Å². The molecule has 4 rings (SSSR count). The van der Waals surface area contributed by atoms with Crippen molar-refractivity contribution in [1.29, 1.82) is 0 Å². The van der Waals surface area contributed by atoms with Crippen molar-refractivity contribution in [1.82, 2.24) is 0 Å². The highest BCUT2D eigenvalue weighted by molar-refractivity contribution is 5.98. The smallest absolute Gasteiger partial charge is 0.335 e. The lowest BCUT2D eigenvalue weighted by Crippen LogP contribution is -2.32. The third-order valence-electron chi connectivity index (χ3n) is 6.13. The van der Waals surface area contributed by atoms with Gasteiger partial charge in [0.1, 0.15) is 0 Å². The van der Waals surface area contributed by atoms with Crippen LogP contribution in [-0.4, -0.2) is 16.9 Å². The van der Waals surface area contributed by atoms with Crippen molar-refractivity contribution in [2.75, 3.05) is 0 Å². The lowest BCUT2D eigenvalue weighted by Gasteiger charge is -2.41. The van der Waals surface area contributed by atoms with Gasteiger partial charge in [-0.3, -0.25) is 4.79 Å². The van der Waals surface area contributed by atoms with Crippen LogP contribution in [0.15, 0.2) is 36.4 Å². The number of hydrogen-bond acceptors (Lipinski definition) is 2. The van der Waals surface area contributed by atoms with Gasteiger partial charge in [0.2, 0.25) is 0 Å². The number of hydrogen-bond donors (Lipinski definition) is 1. The minimum atomic E-state index is -0.971. The van der Waals surface area contributed by atoms with Gasteiger partial charge < -0.3 is 5.11 Å². The van der Waals surface area contributed by atoms with Gasteiger partial charge in [0.15, 0.2) is 5.78 Å².